The summed E-state index contributed by atoms with van der Waals surface area (Å²) in [7, 11) is -2.08. The second-order valence-corrected chi connectivity index (χ2v) is 7.40. The Morgan fingerprint density at radius 3 is 2.43 bits per heavy atom. The largest absolute Gasteiger partial charge is 0.335 e. The molecule has 5 nitrogen and oxygen atoms in total. The number of nitrogens with zero attached hydrogens (tertiary/aromatic N) is 1. The predicted octanol–water partition coefficient (Wildman–Crippen LogP) is 2.23. The topological polar surface area (TPSA) is 80.5 Å². The van der Waals surface area contributed by atoms with Gasteiger partial charge in [0.15, 0.2) is 0 Å². The molecule has 21 heavy (non-hydrogen) atoms. The molecule has 112 valence electrons. The average Bonchev–Trinajstić information content (AvgIpc) is 2.95. The summed E-state index contributed by atoms with van der Waals surface area (Å²) in [5.74, 6) is -0.238. The van der Waals surface area contributed by atoms with Crippen molar-refractivity contribution in [1.29, 1.82) is 0 Å². The van der Waals surface area contributed by atoms with E-state index in [0.29, 0.717) is 5.56 Å². The van der Waals surface area contributed by atoms with Crippen LogP contribution in [0, 0.1) is 0 Å². The number of carbonyl (C=O) groups is 1. The Balaban J connectivity index is 2.22. The van der Waals surface area contributed by atoms with Crippen LogP contribution < -0.4 is 5.14 Å². The highest BCUT2D eigenvalue weighted by molar-refractivity contribution is 7.91. The van der Waals surface area contributed by atoms with Gasteiger partial charge in [0.2, 0.25) is 10.0 Å². The van der Waals surface area contributed by atoms with E-state index in [2.05, 4.69) is 0 Å². The molecule has 0 saturated carbocycles. The van der Waals surface area contributed by atoms with Crippen LogP contribution in [0.2, 0.25) is 0 Å². The van der Waals surface area contributed by atoms with Gasteiger partial charge in [-0.3, -0.25) is 4.79 Å². The van der Waals surface area contributed by atoms with E-state index < -0.39 is 10.0 Å². The van der Waals surface area contributed by atoms with Gasteiger partial charge < -0.3 is 4.90 Å². The number of nitrogens with two attached hydrogens (primary N) is 1. The second-order valence-electron chi connectivity index (χ2n) is 4.70. The number of rotatable bonds is 4. The molecule has 0 radical (unpaired) electrons. The fourth-order valence-corrected chi connectivity index (χ4v) is 3.49. The van der Waals surface area contributed by atoms with E-state index in [-0.39, 0.29) is 16.2 Å². The van der Waals surface area contributed by atoms with Gasteiger partial charge in [0.1, 0.15) is 4.21 Å². The zero-order valence-electron chi connectivity index (χ0n) is 11.7. The van der Waals surface area contributed by atoms with Crippen molar-refractivity contribution in [2.75, 3.05) is 7.05 Å². The third kappa shape index (κ3) is 3.49. The van der Waals surface area contributed by atoms with Gasteiger partial charge in [-0.1, -0.05) is 30.3 Å². The van der Waals surface area contributed by atoms with Gasteiger partial charge >= 0.3 is 0 Å². The van der Waals surface area contributed by atoms with Crippen LogP contribution in [-0.4, -0.2) is 26.3 Å². The maximum Gasteiger partial charge on any atom is 0.254 e. The van der Waals surface area contributed by atoms with Gasteiger partial charge in [0, 0.05) is 12.4 Å². The Morgan fingerprint density at radius 1 is 1.29 bits per heavy atom. The summed E-state index contributed by atoms with van der Waals surface area (Å²) in [6.07, 6.45) is 0. The molecule has 0 fully saturated rings. The van der Waals surface area contributed by atoms with Crippen molar-refractivity contribution in [2.24, 2.45) is 5.14 Å². The molecular formula is C14H16N2O3S2. The highest BCUT2D eigenvalue weighted by Crippen LogP contribution is 2.24. The van der Waals surface area contributed by atoms with Gasteiger partial charge in [-0.2, -0.15) is 0 Å². The first-order valence-electron chi connectivity index (χ1n) is 6.24. The molecule has 0 aliphatic rings. The number of hydrogen-bond acceptors (Lipinski definition) is 4. The molecule has 1 heterocycles. The minimum absolute atomic E-state index is 0.00776. The summed E-state index contributed by atoms with van der Waals surface area (Å²) in [5, 5.41) is 6.57. The van der Waals surface area contributed by atoms with E-state index in [1.54, 1.807) is 11.9 Å². The highest BCUT2D eigenvalue weighted by atomic mass is 32.2. The molecule has 1 aromatic heterocycles. The van der Waals surface area contributed by atoms with Crippen LogP contribution in [0.5, 0.6) is 0 Å². The van der Waals surface area contributed by atoms with Gasteiger partial charge in [-0.05, 0) is 18.6 Å². The quantitative estimate of drug-likeness (QED) is 0.936. The first-order valence-corrected chi connectivity index (χ1v) is 8.66. The van der Waals surface area contributed by atoms with Crippen LogP contribution in [-0.2, 0) is 10.0 Å². The molecule has 0 bridgehead atoms. The fraction of sp³-hybridized carbons (Fsp3) is 0.214. The van der Waals surface area contributed by atoms with E-state index in [9.17, 15) is 13.2 Å². The Labute approximate surface area is 128 Å². The van der Waals surface area contributed by atoms with Crippen molar-refractivity contribution in [3.8, 4) is 0 Å². The lowest BCUT2D eigenvalue weighted by molar-refractivity contribution is 0.0743. The first kappa shape index (κ1) is 15.7. The third-order valence-electron chi connectivity index (χ3n) is 3.29. The molecule has 1 amide bonds. The summed E-state index contributed by atoms with van der Waals surface area (Å²) in [5.41, 5.74) is 1.34. The van der Waals surface area contributed by atoms with Gasteiger partial charge in [0.25, 0.3) is 5.91 Å². The van der Waals surface area contributed by atoms with Crippen LogP contribution >= 0.6 is 11.3 Å². The van der Waals surface area contributed by atoms with Crippen molar-refractivity contribution in [2.45, 2.75) is 17.2 Å². The fourth-order valence-electron chi connectivity index (χ4n) is 1.91. The zero-order chi connectivity index (χ0) is 15.6. The second kappa shape index (κ2) is 5.97. The Hall–Kier alpha value is -1.70. The van der Waals surface area contributed by atoms with E-state index in [4.69, 9.17) is 5.14 Å². The molecule has 2 rings (SSSR count). The van der Waals surface area contributed by atoms with Crippen LogP contribution in [0.3, 0.4) is 0 Å². The van der Waals surface area contributed by atoms with Crippen molar-refractivity contribution in [3.05, 3.63) is 52.9 Å². The lowest BCUT2D eigenvalue weighted by Crippen LogP contribution is -2.29. The number of primary sulfonamides is 1. The van der Waals surface area contributed by atoms with Crippen molar-refractivity contribution in [3.63, 3.8) is 0 Å². The van der Waals surface area contributed by atoms with Crippen LogP contribution in [0.25, 0.3) is 0 Å². The number of hydrogen-bond donors (Lipinski definition) is 1. The predicted molar refractivity (Wildman–Crippen MR) is 82.6 cm³/mol. The lowest BCUT2D eigenvalue weighted by Gasteiger charge is -2.25. The summed E-state index contributed by atoms with van der Waals surface area (Å²) in [4.78, 5) is 14.0. The van der Waals surface area contributed by atoms with Crippen molar-refractivity contribution >= 4 is 27.3 Å². The molecule has 0 saturated heterocycles. The zero-order valence-corrected chi connectivity index (χ0v) is 13.3. The van der Waals surface area contributed by atoms with Gasteiger partial charge in [0.05, 0.1) is 11.6 Å². The van der Waals surface area contributed by atoms with Crippen molar-refractivity contribution < 1.29 is 13.2 Å². The molecule has 1 aromatic carbocycles. The molecule has 1 atom stereocenters. The molecule has 0 spiro atoms. The summed E-state index contributed by atoms with van der Waals surface area (Å²) >= 11 is 0.949. The van der Waals surface area contributed by atoms with Crippen LogP contribution in [0.1, 0.15) is 28.9 Å². The van der Waals surface area contributed by atoms with Gasteiger partial charge in [-0.25, -0.2) is 13.6 Å². The lowest BCUT2D eigenvalue weighted by atomic mass is 10.1. The smallest absolute Gasteiger partial charge is 0.254 e. The molecule has 2 aromatic rings. The first-order chi connectivity index (χ1) is 9.80. The average molecular weight is 324 g/mol. The summed E-state index contributed by atoms with van der Waals surface area (Å²) in [6.45, 7) is 1.92. The minimum Gasteiger partial charge on any atom is -0.335 e. The molecule has 7 heteroatoms. The molecule has 0 aliphatic carbocycles. The van der Waals surface area contributed by atoms with E-state index in [0.717, 1.165) is 16.9 Å². The number of thiophene rings is 1. The molecule has 2 N–H and O–H groups in total. The Kier molecular flexibility index (Phi) is 4.46. The normalized spacial score (nSPS) is 12.9. The number of amides is 1. The number of carbonyl (C=O) groups excluding carboxylic acids is 1. The standard InChI is InChI=1S/C14H16N2O3S2/c1-10(11-6-4-3-5-7-11)16(2)14(17)12-8-13(20-9-12)21(15,18)19/h3-10H,1-2H3,(H2,15,18,19). The number of sulfonamides is 1. The van der Waals surface area contributed by atoms with E-state index in [1.165, 1.54) is 11.4 Å². The third-order valence-corrected chi connectivity index (χ3v) is 5.67. The van der Waals surface area contributed by atoms with Crippen LogP contribution in [0.15, 0.2) is 46.0 Å². The van der Waals surface area contributed by atoms with Gasteiger partial charge in [-0.15, -0.1) is 11.3 Å². The summed E-state index contributed by atoms with van der Waals surface area (Å²) < 4.78 is 22.5. The maximum atomic E-state index is 12.4. The monoisotopic (exact) mass is 324 g/mol. The SMILES string of the molecule is CC(c1ccccc1)N(C)C(=O)c1csc(S(N)(=O)=O)c1. The van der Waals surface area contributed by atoms with Crippen LogP contribution in [0.4, 0.5) is 0 Å². The highest BCUT2D eigenvalue weighted by Gasteiger charge is 2.21. The molecule has 0 aliphatic heterocycles. The van der Waals surface area contributed by atoms with Crippen molar-refractivity contribution in [1.82, 2.24) is 4.90 Å². The molecule has 1 unspecified atom stereocenters. The maximum absolute atomic E-state index is 12.4. The number of benzene rings is 1. The molecular weight excluding hydrogens is 308 g/mol. The summed E-state index contributed by atoms with van der Waals surface area (Å²) in [6, 6.07) is 10.8. The van der Waals surface area contributed by atoms with E-state index >= 15 is 0 Å². The Morgan fingerprint density at radius 2 is 1.90 bits per heavy atom. The minimum atomic E-state index is -3.77. The Bertz CT molecular complexity index is 739. The van der Waals surface area contributed by atoms with E-state index in [1.807, 2.05) is 37.3 Å².